The molecule has 3 aliphatic rings. The van der Waals surface area contributed by atoms with Crippen molar-refractivity contribution in [2.24, 2.45) is 0 Å². The fourth-order valence-electron chi connectivity index (χ4n) is 3.93. The molecule has 2 saturated heterocycles. The molecule has 1 aromatic carbocycles. The van der Waals surface area contributed by atoms with Crippen molar-refractivity contribution in [3.8, 4) is 5.75 Å². The molecule has 1 aromatic rings. The van der Waals surface area contributed by atoms with Crippen LogP contribution in [0.5, 0.6) is 5.75 Å². The molecule has 3 fully saturated rings. The van der Waals surface area contributed by atoms with Crippen molar-refractivity contribution in [2.45, 2.75) is 68.6 Å². The maximum absolute atomic E-state index is 10.7. The number of aliphatic hydroxyl groups is 2. The Morgan fingerprint density at radius 3 is 2.48 bits per heavy atom. The first-order valence-electron chi connectivity index (χ1n) is 9.22. The fraction of sp³-hybridized carbons (Fsp3) is 0.667. The number of aliphatic hydroxyl groups excluding tert-OH is 2. The fourth-order valence-corrected chi connectivity index (χ4v) is 3.93. The SMILES string of the molecule is O=[N+]([O-])c1ccc(O[C@@H]2O[C@H]3COC4(CCCCC4)O[C@@H]3[C@@H](O)[C@@H]2O)cc1. The average molecular weight is 381 g/mol. The van der Waals surface area contributed by atoms with Crippen LogP contribution in [0.4, 0.5) is 5.69 Å². The first-order chi connectivity index (χ1) is 13.0. The Hall–Kier alpha value is -1.78. The van der Waals surface area contributed by atoms with E-state index in [2.05, 4.69) is 0 Å². The van der Waals surface area contributed by atoms with Gasteiger partial charge < -0.3 is 29.2 Å². The van der Waals surface area contributed by atoms with Crippen LogP contribution in [0.2, 0.25) is 0 Å². The largest absolute Gasteiger partial charge is 0.462 e. The maximum atomic E-state index is 10.7. The summed E-state index contributed by atoms with van der Waals surface area (Å²) in [5.41, 5.74) is -0.0700. The topological polar surface area (TPSA) is 121 Å². The van der Waals surface area contributed by atoms with Crippen LogP contribution < -0.4 is 4.74 Å². The highest BCUT2D eigenvalue weighted by molar-refractivity contribution is 5.36. The van der Waals surface area contributed by atoms with Crippen LogP contribution in [0.1, 0.15) is 32.1 Å². The molecule has 0 aromatic heterocycles. The minimum atomic E-state index is -1.32. The molecule has 5 atom stereocenters. The van der Waals surface area contributed by atoms with E-state index in [1.54, 1.807) is 0 Å². The lowest BCUT2D eigenvalue weighted by atomic mass is 9.90. The Kier molecular flexibility index (Phi) is 5.04. The van der Waals surface area contributed by atoms with E-state index < -0.39 is 41.4 Å². The summed E-state index contributed by atoms with van der Waals surface area (Å²) in [5, 5.41) is 31.7. The lowest BCUT2D eigenvalue weighted by Gasteiger charge is -2.51. The smallest absolute Gasteiger partial charge is 0.269 e. The van der Waals surface area contributed by atoms with E-state index in [4.69, 9.17) is 18.9 Å². The molecular formula is C18H23NO8. The minimum Gasteiger partial charge on any atom is -0.462 e. The summed E-state index contributed by atoms with van der Waals surface area (Å²) in [4.78, 5) is 10.2. The van der Waals surface area contributed by atoms with E-state index in [1.165, 1.54) is 24.3 Å². The molecule has 0 bridgehead atoms. The molecule has 9 nitrogen and oxygen atoms in total. The molecule has 2 aliphatic heterocycles. The van der Waals surface area contributed by atoms with E-state index in [-0.39, 0.29) is 18.0 Å². The third-order valence-corrected chi connectivity index (χ3v) is 5.42. The van der Waals surface area contributed by atoms with Crippen molar-refractivity contribution in [3.05, 3.63) is 34.4 Å². The third kappa shape index (κ3) is 3.65. The van der Waals surface area contributed by atoms with Gasteiger partial charge in [0.2, 0.25) is 6.29 Å². The van der Waals surface area contributed by atoms with Gasteiger partial charge in [-0.05, 0) is 25.0 Å². The molecule has 148 valence electrons. The van der Waals surface area contributed by atoms with E-state index >= 15 is 0 Å². The molecule has 0 unspecified atom stereocenters. The predicted molar refractivity (Wildman–Crippen MR) is 91.0 cm³/mol. The standard InChI is InChI=1S/C18H23NO8/c20-14-15(21)17(25-12-6-4-11(5-7-12)19(22)23)26-13-10-24-18(27-16(13)14)8-2-1-3-9-18/h4-7,13-17,20-21H,1-3,8-10H2/t13-,14-,15-,16-,17+/m0/s1. The zero-order chi connectivity index (χ0) is 19.0. The van der Waals surface area contributed by atoms with Crippen LogP contribution in [0.3, 0.4) is 0 Å². The predicted octanol–water partition coefficient (Wildman–Crippen LogP) is 1.50. The highest BCUT2D eigenvalue weighted by Gasteiger charge is 2.53. The van der Waals surface area contributed by atoms with Gasteiger partial charge in [-0.15, -0.1) is 0 Å². The summed E-state index contributed by atoms with van der Waals surface area (Å²) >= 11 is 0. The van der Waals surface area contributed by atoms with Crippen molar-refractivity contribution in [1.29, 1.82) is 0 Å². The van der Waals surface area contributed by atoms with Crippen LogP contribution in [0, 0.1) is 10.1 Å². The van der Waals surface area contributed by atoms with Gasteiger partial charge in [-0.25, -0.2) is 0 Å². The summed E-state index contributed by atoms with van der Waals surface area (Å²) in [5.74, 6) is -0.410. The normalized spacial score (nSPS) is 35.4. The monoisotopic (exact) mass is 381 g/mol. The summed E-state index contributed by atoms with van der Waals surface area (Å²) in [6.07, 6.45) is -0.225. The number of nitrogens with zero attached hydrogens (tertiary/aromatic N) is 1. The van der Waals surface area contributed by atoms with Crippen molar-refractivity contribution in [1.82, 2.24) is 0 Å². The van der Waals surface area contributed by atoms with E-state index in [0.717, 1.165) is 32.1 Å². The molecule has 2 N–H and O–H groups in total. The number of nitro groups is 1. The summed E-state index contributed by atoms with van der Waals surface area (Å²) < 4.78 is 23.3. The number of ether oxygens (including phenoxy) is 4. The Labute approximate surface area is 155 Å². The molecule has 1 spiro atoms. The van der Waals surface area contributed by atoms with Gasteiger partial charge in [-0.3, -0.25) is 10.1 Å². The number of nitro benzene ring substituents is 1. The number of fused-ring (bicyclic) bond motifs is 1. The van der Waals surface area contributed by atoms with Gasteiger partial charge in [0, 0.05) is 25.0 Å². The van der Waals surface area contributed by atoms with E-state index in [9.17, 15) is 20.3 Å². The van der Waals surface area contributed by atoms with Crippen molar-refractivity contribution in [3.63, 3.8) is 0 Å². The number of non-ortho nitro benzene ring substituents is 1. The molecule has 0 amide bonds. The van der Waals surface area contributed by atoms with Gasteiger partial charge in [0.05, 0.1) is 11.5 Å². The van der Waals surface area contributed by atoms with Crippen molar-refractivity contribution >= 4 is 5.69 Å². The molecule has 2 heterocycles. The van der Waals surface area contributed by atoms with Crippen LogP contribution in [0.25, 0.3) is 0 Å². The van der Waals surface area contributed by atoms with Crippen LogP contribution >= 0.6 is 0 Å². The molecular weight excluding hydrogens is 358 g/mol. The van der Waals surface area contributed by atoms with Gasteiger partial charge in [0.15, 0.2) is 5.79 Å². The van der Waals surface area contributed by atoms with Gasteiger partial charge in [0.25, 0.3) is 5.69 Å². The van der Waals surface area contributed by atoms with Crippen LogP contribution in [-0.2, 0) is 14.2 Å². The second-order valence-electron chi connectivity index (χ2n) is 7.26. The van der Waals surface area contributed by atoms with Gasteiger partial charge in [0.1, 0.15) is 30.2 Å². The average Bonchev–Trinajstić information content (AvgIpc) is 2.68. The molecule has 4 rings (SSSR count). The Morgan fingerprint density at radius 1 is 1.11 bits per heavy atom. The summed E-state index contributed by atoms with van der Waals surface area (Å²) in [7, 11) is 0. The minimum absolute atomic E-state index is 0.0700. The first kappa shape index (κ1) is 18.6. The molecule has 27 heavy (non-hydrogen) atoms. The summed E-state index contributed by atoms with van der Waals surface area (Å²) in [6.45, 7) is 0.245. The van der Waals surface area contributed by atoms with Gasteiger partial charge >= 0.3 is 0 Å². The number of hydrogen-bond acceptors (Lipinski definition) is 8. The molecule has 9 heteroatoms. The number of benzene rings is 1. The van der Waals surface area contributed by atoms with Gasteiger partial charge in [-0.1, -0.05) is 6.42 Å². The Morgan fingerprint density at radius 2 is 1.81 bits per heavy atom. The zero-order valence-corrected chi connectivity index (χ0v) is 14.7. The number of hydrogen-bond donors (Lipinski definition) is 2. The maximum Gasteiger partial charge on any atom is 0.269 e. The highest BCUT2D eigenvalue weighted by Crippen LogP contribution is 2.40. The van der Waals surface area contributed by atoms with Crippen molar-refractivity contribution < 1.29 is 34.1 Å². The Bertz CT molecular complexity index is 672. The molecule has 1 aliphatic carbocycles. The zero-order valence-electron chi connectivity index (χ0n) is 14.7. The molecule has 0 radical (unpaired) electrons. The van der Waals surface area contributed by atoms with Crippen LogP contribution in [0.15, 0.2) is 24.3 Å². The Balaban J connectivity index is 1.43. The summed E-state index contributed by atoms with van der Waals surface area (Å²) in [6, 6.07) is 5.42. The number of rotatable bonds is 3. The van der Waals surface area contributed by atoms with Crippen LogP contribution in [-0.4, -0.2) is 58.2 Å². The second-order valence-corrected chi connectivity index (χ2v) is 7.26. The van der Waals surface area contributed by atoms with Gasteiger partial charge in [-0.2, -0.15) is 0 Å². The lowest BCUT2D eigenvalue weighted by molar-refractivity contribution is -0.388. The van der Waals surface area contributed by atoms with Crippen molar-refractivity contribution in [2.75, 3.05) is 6.61 Å². The lowest BCUT2D eigenvalue weighted by Crippen LogP contribution is -2.66. The second kappa shape index (κ2) is 7.33. The molecule has 1 saturated carbocycles. The highest BCUT2D eigenvalue weighted by atomic mass is 16.8. The first-order valence-corrected chi connectivity index (χ1v) is 9.22. The van der Waals surface area contributed by atoms with E-state index in [0.29, 0.717) is 0 Å². The quantitative estimate of drug-likeness (QED) is 0.597. The third-order valence-electron chi connectivity index (χ3n) is 5.42. The van der Waals surface area contributed by atoms with E-state index in [1.807, 2.05) is 0 Å².